The van der Waals surface area contributed by atoms with Crippen LogP contribution in [0, 0.1) is 36.0 Å². The van der Waals surface area contributed by atoms with Crippen LogP contribution in [-0.4, -0.2) is 0 Å². The standard InChI is InChI=1S/C24H13F5O2/c1-12-7-8-14-15(9-10-16-18(25)20(27)22(29)21(28)19(16)26)23(13-5-3-2-4-6-13)31-24(30)17(14)11-12/h2-11H,1H3/b10-9+. The molecule has 0 atom stereocenters. The summed E-state index contributed by atoms with van der Waals surface area (Å²) in [5.41, 5.74) is -0.182. The molecular weight excluding hydrogens is 415 g/mol. The van der Waals surface area contributed by atoms with E-state index in [1.807, 2.05) is 0 Å². The molecule has 31 heavy (non-hydrogen) atoms. The molecule has 0 aliphatic rings. The fourth-order valence-electron chi connectivity index (χ4n) is 3.29. The summed E-state index contributed by atoms with van der Waals surface area (Å²) < 4.78 is 74.2. The second-order valence-corrected chi connectivity index (χ2v) is 6.86. The Labute approximate surface area is 172 Å². The highest BCUT2D eigenvalue weighted by atomic mass is 19.2. The Hall–Kier alpha value is -3.74. The summed E-state index contributed by atoms with van der Waals surface area (Å²) in [6, 6.07) is 13.4. The Balaban J connectivity index is 2.02. The molecule has 0 aliphatic carbocycles. The van der Waals surface area contributed by atoms with Crippen LogP contribution in [0.15, 0.2) is 57.7 Å². The van der Waals surface area contributed by atoms with Gasteiger partial charge in [-0.3, -0.25) is 0 Å². The first-order valence-corrected chi connectivity index (χ1v) is 9.12. The lowest BCUT2D eigenvalue weighted by Crippen LogP contribution is -2.04. The summed E-state index contributed by atoms with van der Waals surface area (Å²) in [5, 5.41) is 0.623. The molecule has 0 saturated carbocycles. The molecule has 2 nitrogen and oxygen atoms in total. The van der Waals surface area contributed by atoms with Crippen LogP contribution in [0.2, 0.25) is 0 Å². The van der Waals surface area contributed by atoms with Gasteiger partial charge in [0.25, 0.3) is 0 Å². The van der Waals surface area contributed by atoms with Crippen molar-refractivity contribution in [1.82, 2.24) is 0 Å². The zero-order valence-electron chi connectivity index (χ0n) is 16.0. The minimum absolute atomic E-state index is 0.0991. The fourth-order valence-corrected chi connectivity index (χ4v) is 3.29. The van der Waals surface area contributed by atoms with Crippen LogP contribution in [0.3, 0.4) is 0 Å². The Morgan fingerprint density at radius 3 is 1.94 bits per heavy atom. The smallest absolute Gasteiger partial charge is 0.344 e. The highest BCUT2D eigenvalue weighted by Crippen LogP contribution is 2.32. The van der Waals surface area contributed by atoms with E-state index in [2.05, 4.69) is 0 Å². The predicted molar refractivity (Wildman–Crippen MR) is 108 cm³/mol. The molecule has 1 heterocycles. The molecule has 3 aromatic carbocycles. The van der Waals surface area contributed by atoms with Crippen molar-refractivity contribution in [2.75, 3.05) is 0 Å². The largest absolute Gasteiger partial charge is 0.422 e. The number of halogens is 5. The van der Waals surface area contributed by atoms with Gasteiger partial charge in [0.1, 0.15) is 5.76 Å². The van der Waals surface area contributed by atoms with E-state index < -0.39 is 40.3 Å². The minimum atomic E-state index is -2.23. The van der Waals surface area contributed by atoms with Crippen LogP contribution >= 0.6 is 0 Å². The maximum Gasteiger partial charge on any atom is 0.344 e. The second-order valence-electron chi connectivity index (χ2n) is 6.86. The summed E-state index contributed by atoms with van der Waals surface area (Å²) in [6.07, 6.45) is 1.94. The molecule has 0 amide bonds. The minimum Gasteiger partial charge on any atom is -0.422 e. The summed E-state index contributed by atoms with van der Waals surface area (Å²) in [6.45, 7) is 1.77. The van der Waals surface area contributed by atoms with Gasteiger partial charge in [0.05, 0.1) is 10.9 Å². The Kier molecular flexibility index (Phi) is 5.19. The molecule has 0 aliphatic heterocycles. The van der Waals surface area contributed by atoms with E-state index in [1.54, 1.807) is 55.5 Å². The van der Waals surface area contributed by atoms with Gasteiger partial charge in [-0.05, 0) is 30.5 Å². The summed E-state index contributed by atoms with van der Waals surface area (Å²) in [5.74, 6) is -10.1. The van der Waals surface area contributed by atoms with Gasteiger partial charge >= 0.3 is 5.63 Å². The van der Waals surface area contributed by atoms with Crippen molar-refractivity contribution in [3.63, 3.8) is 0 Å². The normalized spacial score (nSPS) is 11.5. The van der Waals surface area contributed by atoms with E-state index in [0.717, 1.165) is 11.6 Å². The van der Waals surface area contributed by atoms with Gasteiger partial charge in [-0.25, -0.2) is 26.7 Å². The van der Waals surface area contributed by atoms with Crippen LogP contribution in [-0.2, 0) is 0 Å². The van der Waals surface area contributed by atoms with Gasteiger partial charge < -0.3 is 4.42 Å². The average Bonchev–Trinajstić information content (AvgIpc) is 2.78. The molecule has 0 spiro atoms. The van der Waals surface area contributed by atoms with E-state index in [4.69, 9.17) is 4.42 Å². The van der Waals surface area contributed by atoms with Crippen molar-refractivity contribution in [3.8, 4) is 11.3 Å². The first-order chi connectivity index (χ1) is 14.8. The lowest BCUT2D eigenvalue weighted by Gasteiger charge is -2.10. The topological polar surface area (TPSA) is 30.2 Å². The third-order valence-electron chi connectivity index (χ3n) is 4.82. The van der Waals surface area contributed by atoms with Crippen LogP contribution in [0.4, 0.5) is 22.0 Å². The number of rotatable bonds is 3. The second kappa shape index (κ2) is 7.83. The fraction of sp³-hybridized carbons (Fsp3) is 0.0417. The van der Waals surface area contributed by atoms with Gasteiger partial charge in [-0.15, -0.1) is 0 Å². The maximum absolute atomic E-state index is 14.1. The van der Waals surface area contributed by atoms with Gasteiger partial charge in [-0.1, -0.05) is 48.0 Å². The van der Waals surface area contributed by atoms with Crippen LogP contribution < -0.4 is 5.63 Å². The quantitative estimate of drug-likeness (QED) is 0.208. The monoisotopic (exact) mass is 428 g/mol. The van der Waals surface area contributed by atoms with Gasteiger partial charge in [0.15, 0.2) is 23.3 Å². The molecule has 1 aromatic heterocycles. The van der Waals surface area contributed by atoms with Crippen molar-refractivity contribution in [1.29, 1.82) is 0 Å². The Bertz CT molecular complexity index is 1380. The predicted octanol–water partition coefficient (Wildman–Crippen LogP) is 6.63. The number of aryl methyl sites for hydroxylation is 1. The highest BCUT2D eigenvalue weighted by Gasteiger charge is 2.24. The molecule has 4 rings (SSSR count). The molecule has 0 radical (unpaired) electrons. The van der Waals surface area contributed by atoms with Gasteiger partial charge in [0.2, 0.25) is 5.82 Å². The molecule has 7 heteroatoms. The van der Waals surface area contributed by atoms with Crippen molar-refractivity contribution < 1.29 is 26.4 Å². The number of benzene rings is 3. The van der Waals surface area contributed by atoms with E-state index >= 15 is 0 Å². The van der Waals surface area contributed by atoms with Crippen molar-refractivity contribution in [2.24, 2.45) is 0 Å². The molecule has 4 aromatic rings. The van der Waals surface area contributed by atoms with Gasteiger partial charge in [-0.2, -0.15) is 0 Å². The Morgan fingerprint density at radius 2 is 1.29 bits per heavy atom. The molecule has 0 bridgehead atoms. The van der Waals surface area contributed by atoms with Crippen molar-refractivity contribution in [2.45, 2.75) is 6.92 Å². The van der Waals surface area contributed by atoms with E-state index in [1.165, 1.54) is 6.08 Å². The molecule has 0 N–H and O–H groups in total. The molecule has 0 saturated heterocycles. The third kappa shape index (κ3) is 3.52. The van der Waals surface area contributed by atoms with E-state index in [-0.39, 0.29) is 16.7 Å². The third-order valence-corrected chi connectivity index (χ3v) is 4.82. The van der Waals surface area contributed by atoms with Crippen LogP contribution in [0.1, 0.15) is 16.7 Å². The number of hydrogen-bond acceptors (Lipinski definition) is 2. The zero-order valence-corrected chi connectivity index (χ0v) is 16.0. The first-order valence-electron chi connectivity index (χ1n) is 9.12. The molecule has 0 unspecified atom stereocenters. The zero-order chi connectivity index (χ0) is 22.3. The van der Waals surface area contributed by atoms with Crippen LogP contribution in [0.5, 0.6) is 0 Å². The highest BCUT2D eigenvalue weighted by molar-refractivity contribution is 5.97. The SMILES string of the molecule is Cc1ccc2c(/C=C/c3c(F)c(F)c(F)c(F)c3F)c(-c3ccccc3)oc(=O)c2c1. The van der Waals surface area contributed by atoms with Crippen LogP contribution in [0.25, 0.3) is 34.2 Å². The lowest BCUT2D eigenvalue weighted by molar-refractivity contribution is 0.377. The number of fused-ring (bicyclic) bond motifs is 1. The maximum atomic E-state index is 14.1. The Morgan fingerprint density at radius 1 is 0.710 bits per heavy atom. The van der Waals surface area contributed by atoms with Crippen molar-refractivity contribution >= 4 is 22.9 Å². The first kappa shape index (κ1) is 20.5. The summed E-state index contributed by atoms with van der Waals surface area (Å²) in [4.78, 5) is 12.5. The summed E-state index contributed by atoms with van der Waals surface area (Å²) in [7, 11) is 0. The lowest BCUT2D eigenvalue weighted by atomic mass is 9.99. The van der Waals surface area contributed by atoms with Crippen molar-refractivity contribution in [3.05, 3.63) is 105 Å². The number of hydrogen-bond donors (Lipinski definition) is 0. The van der Waals surface area contributed by atoms with E-state index in [0.29, 0.717) is 10.9 Å². The van der Waals surface area contributed by atoms with E-state index in [9.17, 15) is 26.7 Å². The molecular formula is C24H13F5O2. The average molecular weight is 428 g/mol. The van der Waals surface area contributed by atoms with Gasteiger partial charge in [0, 0.05) is 11.1 Å². The molecule has 156 valence electrons. The molecule has 0 fully saturated rings. The summed E-state index contributed by atoms with van der Waals surface area (Å²) >= 11 is 0.